The predicted octanol–water partition coefficient (Wildman–Crippen LogP) is 8.14. The summed E-state index contributed by atoms with van der Waals surface area (Å²) in [7, 11) is 0. The largest absolute Gasteiger partial charge is 0.394 e. The first-order chi connectivity index (χ1) is 18.5. The Labute approximate surface area is 236 Å². The van der Waals surface area contributed by atoms with Crippen molar-refractivity contribution in [3.63, 3.8) is 0 Å². The van der Waals surface area contributed by atoms with Gasteiger partial charge in [-0.2, -0.15) is 0 Å². The number of aliphatic hydroxyl groups excluding tert-OH is 3. The first-order valence-corrected chi connectivity index (χ1v) is 16.5. The maximum absolute atomic E-state index is 12.3. The van der Waals surface area contributed by atoms with Crippen LogP contribution in [0.4, 0.5) is 0 Å². The van der Waals surface area contributed by atoms with Crippen molar-refractivity contribution in [1.29, 1.82) is 0 Å². The van der Waals surface area contributed by atoms with Gasteiger partial charge < -0.3 is 20.6 Å². The zero-order chi connectivity index (χ0) is 28.1. The van der Waals surface area contributed by atoms with E-state index < -0.39 is 18.2 Å². The molecule has 0 fully saturated rings. The second-order valence-corrected chi connectivity index (χ2v) is 11.4. The summed E-state index contributed by atoms with van der Waals surface area (Å²) >= 11 is 0. The number of carbonyl (C=O) groups excluding carboxylic acids is 1. The summed E-state index contributed by atoms with van der Waals surface area (Å²) in [5.41, 5.74) is 0. The molecule has 3 unspecified atom stereocenters. The van der Waals surface area contributed by atoms with Gasteiger partial charge in [-0.05, 0) is 19.3 Å². The van der Waals surface area contributed by atoms with E-state index >= 15 is 0 Å². The normalized spacial score (nSPS) is 14.1. The van der Waals surface area contributed by atoms with E-state index in [9.17, 15) is 20.1 Å². The molecule has 0 saturated heterocycles. The molecule has 226 valence electrons. The molecule has 0 aliphatic rings. The third-order valence-electron chi connectivity index (χ3n) is 7.57. The van der Waals surface area contributed by atoms with E-state index in [4.69, 9.17) is 0 Å². The highest BCUT2D eigenvalue weighted by Gasteiger charge is 2.20. The summed E-state index contributed by atoms with van der Waals surface area (Å²) in [6, 6.07) is -0.736. The summed E-state index contributed by atoms with van der Waals surface area (Å²) in [4.78, 5) is 12.3. The second kappa shape index (κ2) is 29.1. The predicted molar refractivity (Wildman–Crippen MR) is 162 cm³/mol. The van der Waals surface area contributed by atoms with Gasteiger partial charge in [-0.15, -0.1) is 0 Å². The van der Waals surface area contributed by atoms with Gasteiger partial charge in [0, 0.05) is 0 Å². The van der Waals surface area contributed by atoms with Crippen molar-refractivity contribution in [2.45, 2.75) is 186 Å². The van der Waals surface area contributed by atoms with Crippen LogP contribution in [0.2, 0.25) is 0 Å². The van der Waals surface area contributed by atoms with Crippen LogP contribution in [0.25, 0.3) is 0 Å². The molecule has 0 radical (unpaired) electrons. The molecule has 5 nitrogen and oxygen atoms in total. The Balaban J connectivity index is 3.78. The maximum atomic E-state index is 12.3. The molecule has 0 bridgehead atoms. The number of rotatable bonds is 29. The fourth-order valence-electron chi connectivity index (χ4n) is 4.98. The molecular formula is C33H65NO4. The van der Waals surface area contributed by atoms with Crippen molar-refractivity contribution >= 4 is 5.91 Å². The van der Waals surface area contributed by atoms with Crippen LogP contribution in [0.5, 0.6) is 0 Å². The van der Waals surface area contributed by atoms with Crippen molar-refractivity contribution in [3.8, 4) is 0 Å². The topological polar surface area (TPSA) is 89.8 Å². The van der Waals surface area contributed by atoms with Gasteiger partial charge >= 0.3 is 0 Å². The number of hydrogen-bond donors (Lipinski definition) is 4. The molecule has 0 saturated carbocycles. The lowest BCUT2D eigenvalue weighted by Crippen LogP contribution is -2.45. The van der Waals surface area contributed by atoms with Crippen LogP contribution >= 0.6 is 0 Å². The van der Waals surface area contributed by atoms with Crippen molar-refractivity contribution in [3.05, 3.63) is 12.2 Å². The van der Waals surface area contributed by atoms with Gasteiger partial charge in [0.2, 0.25) is 5.91 Å². The lowest BCUT2D eigenvalue weighted by atomic mass is 10.0. The number of aliphatic hydroxyl groups is 3. The molecular weight excluding hydrogens is 474 g/mol. The number of nitrogens with one attached hydrogen (secondary N) is 1. The SMILES string of the molecule is CCCCCCCCCCCCC/C=C/C(O)C(CO)NC(=O)CC(O)CCCCCCCCCCCC. The Kier molecular flexibility index (Phi) is 28.4. The quantitative estimate of drug-likeness (QED) is 0.0570. The van der Waals surface area contributed by atoms with Crippen LogP contribution in [0.3, 0.4) is 0 Å². The van der Waals surface area contributed by atoms with Crippen molar-refractivity contribution in [1.82, 2.24) is 5.32 Å². The highest BCUT2D eigenvalue weighted by Crippen LogP contribution is 2.14. The minimum Gasteiger partial charge on any atom is -0.394 e. The van der Waals surface area contributed by atoms with Gasteiger partial charge in [-0.1, -0.05) is 154 Å². The maximum Gasteiger partial charge on any atom is 0.222 e. The minimum atomic E-state index is -0.921. The smallest absolute Gasteiger partial charge is 0.222 e. The first kappa shape index (κ1) is 37.1. The summed E-state index contributed by atoms with van der Waals surface area (Å²) in [5.74, 6) is -0.318. The molecule has 0 aliphatic heterocycles. The molecule has 5 heteroatoms. The Morgan fingerprint density at radius 3 is 1.53 bits per heavy atom. The number of unbranched alkanes of at least 4 members (excludes halogenated alkanes) is 20. The van der Waals surface area contributed by atoms with Crippen molar-refractivity contribution in [2.75, 3.05) is 6.61 Å². The van der Waals surface area contributed by atoms with Crippen LogP contribution in [0.15, 0.2) is 12.2 Å². The molecule has 0 aromatic carbocycles. The first-order valence-electron chi connectivity index (χ1n) is 16.5. The van der Waals surface area contributed by atoms with E-state index in [1.165, 1.54) is 116 Å². The van der Waals surface area contributed by atoms with E-state index in [2.05, 4.69) is 19.2 Å². The Morgan fingerprint density at radius 2 is 1.08 bits per heavy atom. The van der Waals surface area contributed by atoms with Crippen LogP contribution in [-0.4, -0.2) is 46.1 Å². The molecule has 0 heterocycles. The van der Waals surface area contributed by atoms with Gasteiger partial charge in [0.05, 0.1) is 31.3 Å². The summed E-state index contributed by atoms with van der Waals surface area (Å²) in [6.45, 7) is 4.17. The van der Waals surface area contributed by atoms with E-state index in [0.717, 1.165) is 25.7 Å². The molecule has 0 rings (SSSR count). The molecule has 4 N–H and O–H groups in total. The zero-order valence-corrected chi connectivity index (χ0v) is 25.3. The van der Waals surface area contributed by atoms with Crippen molar-refractivity contribution < 1.29 is 20.1 Å². The van der Waals surface area contributed by atoms with Crippen LogP contribution in [0.1, 0.15) is 168 Å². The fraction of sp³-hybridized carbons (Fsp3) is 0.909. The average molecular weight is 540 g/mol. The molecule has 1 amide bonds. The lowest BCUT2D eigenvalue weighted by molar-refractivity contribution is -0.124. The van der Waals surface area contributed by atoms with Gasteiger partial charge in [0.15, 0.2) is 0 Å². The summed E-state index contributed by atoms with van der Waals surface area (Å²) < 4.78 is 0. The average Bonchev–Trinajstić information content (AvgIpc) is 2.90. The highest BCUT2D eigenvalue weighted by atomic mass is 16.3. The number of allylic oxidation sites excluding steroid dienone is 1. The zero-order valence-electron chi connectivity index (χ0n) is 25.3. The van der Waals surface area contributed by atoms with E-state index in [1.807, 2.05) is 6.08 Å². The lowest BCUT2D eigenvalue weighted by Gasteiger charge is -2.21. The highest BCUT2D eigenvalue weighted by molar-refractivity contribution is 5.76. The molecule has 0 spiro atoms. The summed E-state index contributed by atoms with van der Waals surface area (Å²) in [5, 5.41) is 32.9. The fourth-order valence-corrected chi connectivity index (χ4v) is 4.98. The number of carbonyl (C=O) groups is 1. The standard InChI is InChI=1S/C33H65NO4/c1-3-5-7-9-11-13-15-16-17-19-21-23-25-27-32(37)31(29-35)34-33(38)28-30(36)26-24-22-20-18-14-12-10-8-6-4-2/h25,27,30-32,35-37H,3-24,26,28-29H2,1-2H3,(H,34,38)/b27-25+. The number of hydrogen-bond acceptors (Lipinski definition) is 4. The van der Waals surface area contributed by atoms with E-state index in [0.29, 0.717) is 6.42 Å². The molecule has 0 aromatic heterocycles. The van der Waals surface area contributed by atoms with E-state index in [-0.39, 0.29) is 18.9 Å². The summed E-state index contributed by atoms with van der Waals surface area (Å²) in [6.07, 6.45) is 30.4. The van der Waals surface area contributed by atoms with Crippen LogP contribution in [-0.2, 0) is 4.79 Å². The van der Waals surface area contributed by atoms with Gasteiger partial charge in [-0.25, -0.2) is 0 Å². The van der Waals surface area contributed by atoms with Gasteiger partial charge in [-0.3, -0.25) is 4.79 Å². The number of amides is 1. The molecule has 0 aliphatic carbocycles. The molecule has 38 heavy (non-hydrogen) atoms. The van der Waals surface area contributed by atoms with E-state index in [1.54, 1.807) is 6.08 Å². The molecule has 3 atom stereocenters. The van der Waals surface area contributed by atoms with Crippen LogP contribution < -0.4 is 5.32 Å². The third kappa shape index (κ3) is 25.4. The van der Waals surface area contributed by atoms with Gasteiger partial charge in [0.1, 0.15) is 0 Å². The molecule has 0 aromatic rings. The van der Waals surface area contributed by atoms with Gasteiger partial charge in [0.25, 0.3) is 0 Å². The third-order valence-corrected chi connectivity index (χ3v) is 7.57. The Bertz CT molecular complexity index is 525. The Morgan fingerprint density at radius 1 is 0.658 bits per heavy atom. The second-order valence-electron chi connectivity index (χ2n) is 11.4. The van der Waals surface area contributed by atoms with Crippen LogP contribution in [0, 0.1) is 0 Å². The monoisotopic (exact) mass is 539 g/mol. The Hall–Kier alpha value is -0.910. The minimum absolute atomic E-state index is 0.0170. The van der Waals surface area contributed by atoms with Crippen molar-refractivity contribution in [2.24, 2.45) is 0 Å².